The average molecular weight is 381 g/mol. The molecule has 1 atom stereocenters. The Bertz CT molecular complexity index is 978. The van der Waals surface area contributed by atoms with Crippen molar-refractivity contribution in [3.8, 4) is 0 Å². The Morgan fingerprint density at radius 1 is 1.29 bits per heavy atom. The summed E-state index contributed by atoms with van der Waals surface area (Å²) >= 11 is 0. The number of rotatable bonds is 6. The van der Waals surface area contributed by atoms with Crippen molar-refractivity contribution in [2.75, 3.05) is 13.6 Å². The number of aromatic nitrogens is 3. The van der Waals surface area contributed by atoms with E-state index in [0.717, 1.165) is 31.0 Å². The van der Waals surface area contributed by atoms with E-state index in [9.17, 15) is 0 Å². The van der Waals surface area contributed by atoms with E-state index in [1.165, 1.54) is 33.3 Å². The number of guanidine groups is 1. The van der Waals surface area contributed by atoms with Gasteiger partial charge in [0.1, 0.15) is 0 Å². The lowest BCUT2D eigenvalue weighted by atomic mass is 10.1. The molecule has 0 saturated carbocycles. The summed E-state index contributed by atoms with van der Waals surface area (Å²) in [5.74, 6) is 0.836. The van der Waals surface area contributed by atoms with Crippen LogP contribution in [0.3, 0.4) is 0 Å². The molecule has 0 saturated heterocycles. The Kier molecular flexibility index (Phi) is 6.07. The molecule has 0 spiro atoms. The van der Waals surface area contributed by atoms with Gasteiger partial charge in [0.2, 0.25) is 0 Å². The van der Waals surface area contributed by atoms with E-state index in [1.54, 1.807) is 0 Å². The molecule has 6 nitrogen and oxygen atoms in total. The lowest BCUT2D eigenvalue weighted by molar-refractivity contribution is 0.635. The summed E-state index contributed by atoms with van der Waals surface area (Å²) in [6, 6.07) is 6.65. The maximum absolute atomic E-state index is 4.51. The molecule has 0 amide bonds. The molecule has 2 aromatic heterocycles. The predicted molar refractivity (Wildman–Crippen MR) is 117 cm³/mol. The summed E-state index contributed by atoms with van der Waals surface area (Å²) in [4.78, 5) is 7.76. The van der Waals surface area contributed by atoms with Gasteiger partial charge >= 0.3 is 0 Å². The van der Waals surface area contributed by atoms with Crippen molar-refractivity contribution >= 4 is 16.9 Å². The lowest BCUT2D eigenvalue weighted by Gasteiger charge is -2.18. The number of aryl methyl sites for hydroxylation is 3. The fourth-order valence-corrected chi connectivity index (χ4v) is 3.86. The van der Waals surface area contributed by atoms with Gasteiger partial charge in [0.05, 0.1) is 5.69 Å². The zero-order valence-electron chi connectivity index (χ0n) is 17.8. The van der Waals surface area contributed by atoms with Crippen LogP contribution < -0.4 is 10.6 Å². The van der Waals surface area contributed by atoms with Crippen LogP contribution in [0.4, 0.5) is 0 Å². The smallest absolute Gasteiger partial charge is 0.191 e. The molecule has 0 aliphatic rings. The maximum Gasteiger partial charge on any atom is 0.191 e. The maximum atomic E-state index is 4.51. The highest BCUT2D eigenvalue weighted by molar-refractivity contribution is 5.86. The van der Waals surface area contributed by atoms with Crippen LogP contribution in [0.1, 0.15) is 35.0 Å². The monoisotopic (exact) mass is 380 g/mol. The van der Waals surface area contributed by atoms with Crippen molar-refractivity contribution in [1.29, 1.82) is 0 Å². The van der Waals surface area contributed by atoms with Crippen molar-refractivity contribution < 1.29 is 0 Å². The summed E-state index contributed by atoms with van der Waals surface area (Å²) in [5.41, 5.74) is 7.49. The predicted octanol–water partition coefficient (Wildman–Crippen LogP) is 3.17. The van der Waals surface area contributed by atoms with E-state index in [-0.39, 0.29) is 6.04 Å². The van der Waals surface area contributed by atoms with Gasteiger partial charge in [-0.15, -0.1) is 0 Å². The van der Waals surface area contributed by atoms with Crippen LogP contribution in [0.5, 0.6) is 0 Å². The molecule has 1 aromatic carbocycles. The van der Waals surface area contributed by atoms with Gasteiger partial charge < -0.3 is 15.6 Å². The summed E-state index contributed by atoms with van der Waals surface area (Å²) in [7, 11) is 3.81. The minimum absolute atomic E-state index is 0.267. The third kappa shape index (κ3) is 4.21. The molecule has 3 aromatic rings. The average Bonchev–Trinajstić information content (AvgIpc) is 3.18. The molecule has 1 unspecified atom stereocenters. The zero-order valence-corrected chi connectivity index (χ0v) is 17.8. The van der Waals surface area contributed by atoms with Gasteiger partial charge in [-0.2, -0.15) is 5.10 Å². The summed E-state index contributed by atoms with van der Waals surface area (Å²) < 4.78 is 1.95. The Morgan fingerprint density at radius 2 is 2.07 bits per heavy atom. The molecule has 0 aliphatic carbocycles. The molecule has 0 bridgehead atoms. The fraction of sp³-hybridized carbons (Fsp3) is 0.455. The van der Waals surface area contributed by atoms with Gasteiger partial charge in [-0.05, 0) is 63.3 Å². The number of aliphatic imine (C=N–C) groups is 1. The minimum Gasteiger partial charge on any atom is -0.361 e. The van der Waals surface area contributed by atoms with Crippen molar-refractivity contribution in [2.24, 2.45) is 12.0 Å². The Balaban J connectivity index is 1.56. The molecule has 150 valence electrons. The summed E-state index contributed by atoms with van der Waals surface area (Å²) in [6.45, 7) is 9.38. The van der Waals surface area contributed by atoms with Crippen molar-refractivity contribution in [3.05, 3.63) is 52.5 Å². The number of benzene rings is 1. The van der Waals surface area contributed by atoms with Gasteiger partial charge in [-0.25, -0.2) is 0 Å². The summed E-state index contributed by atoms with van der Waals surface area (Å²) in [6.07, 6.45) is 3.99. The number of hydrogen-bond acceptors (Lipinski definition) is 2. The normalized spacial score (nSPS) is 13.1. The number of aromatic amines is 1. The van der Waals surface area contributed by atoms with Crippen LogP contribution in [0.15, 0.2) is 29.4 Å². The van der Waals surface area contributed by atoms with Crippen LogP contribution in [0.25, 0.3) is 10.9 Å². The van der Waals surface area contributed by atoms with Crippen LogP contribution >= 0.6 is 0 Å². The molecule has 0 radical (unpaired) electrons. The van der Waals surface area contributed by atoms with Crippen LogP contribution in [0, 0.1) is 20.8 Å². The Hall–Kier alpha value is -2.76. The molecule has 3 rings (SSSR count). The van der Waals surface area contributed by atoms with Crippen LogP contribution in [-0.4, -0.2) is 40.4 Å². The molecular weight excluding hydrogens is 348 g/mol. The molecule has 28 heavy (non-hydrogen) atoms. The molecular formula is C22H32N6. The molecule has 0 aliphatic heterocycles. The first-order chi connectivity index (χ1) is 13.4. The number of fused-ring (bicyclic) bond motifs is 1. The van der Waals surface area contributed by atoms with Gasteiger partial charge in [-0.3, -0.25) is 9.67 Å². The SMILES string of the molecule is CN=C(NCCc1c[nH]c2cccc(C)c12)NC(C)Cc1c(C)nn(C)c1C. The fourth-order valence-electron chi connectivity index (χ4n) is 3.86. The standard InChI is InChI=1S/C22H32N6/c1-14-8-7-9-20-21(14)18(13-25-20)10-11-24-22(23-5)26-15(2)12-19-16(3)27-28(6)17(19)4/h7-9,13,15,25H,10-12H2,1-6H3,(H2,23,24,26). The first kappa shape index (κ1) is 20.0. The van der Waals surface area contributed by atoms with E-state index in [4.69, 9.17) is 0 Å². The topological polar surface area (TPSA) is 70.0 Å². The highest BCUT2D eigenvalue weighted by Crippen LogP contribution is 2.22. The van der Waals surface area contributed by atoms with Crippen molar-refractivity contribution in [1.82, 2.24) is 25.4 Å². The van der Waals surface area contributed by atoms with Gasteiger partial charge in [0.15, 0.2) is 5.96 Å². The third-order valence-corrected chi connectivity index (χ3v) is 5.46. The number of nitrogens with one attached hydrogen (secondary N) is 3. The van der Waals surface area contributed by atoms with E-state index >= 15 is 0 Å². The first-order valence-electron chi connectivity index (χ1n) is 9.92. The van der Waals surface area contributed by atoms with Gasteiger partial charge in [0, 0.05) is 49.5 Å². The Morgan fingerprint density at radius 3 is 2.75 bits per heavy atom. The molecule has 2 heterocycles. The Labute approximate surface area is 167 Å². The number of nitrogens with zero attached hydrogens (tertiary/aromatic N) is 3. The first-order valence-corrected chi connectivity index (χ1v) is 9.92. The van der Waals surface area contributed by atoms with Crippen molar-refractivity contribution in [2.45, 2.75) is 46.6 Å². The highest BCUT2D eigenvalue weighted by atomic mass is 15.3. The van der Waals surface area contributed by atoms with E-state index in [1.807, 2.05) is 18.8 Å². The number of H-pyrrole nitrogens is 1. The van der Waals surface area contributed by atoms with Gasteiger partial charge in [-0.1, -0.05) is 12.1 Å². The minimum atomic E-state index is 0.267. The van der Waals surface area contributed by atoms with Crippen LogP contribution in [-0.2, 0) is 19.9 Å². The largest absolute Gasteiger partial charge is 0.361 e. The van der Waals surface area contributed by atoms with Gasteiger partial charge in [0.25, 0.3) is 0 Å². The number of hydrogen-bond donors (Lipinski definition) is 3. The van der Waals surface area contributed by atoms with E-state index in [2.05, 4.69) is 77.8 Å². The zero-order chi connectivity index (χ0) is 20.3. The summed E-state index contributed by atoms with van der Waals surface area (Å²) in [5, 5.41) is 12.8. The lowest BCUT2D eigenvalue weighted by Crippen LogP contribution is -2.43. The molecule has 0 fully saturated rings. The third-order valence-electron chi connectivity index (χ3n) is 5.46. The van der Waals surface area contributed by atoms with Crippen LogP contribution in [0.2, 0.25) is 0 Å². The molecule has 6 heteroatoms. The quantitative estimate of drug-likeness (QED) is 0.454. The van der Waals surface area contributed by atoms with Crippen molar-refractivity contribution in [3.63, 3.8) is 0 Å². The second kappa shape index (κ2) is 8.50. The van der Waals surface area contributed by atoms with E-state index in [0.29, 0.717) is 0 Å². The van der Waals surface area contributed by atoms with E-state index < -0.39 is 0 Å². The highest BCUT2D eigenvalue weighted by Gasteiger charge is 2.14. The molecule has 3 N–H and O–H groups in total. The second-order valence-electron chi connectivity index (χ2n) is 7.58. The second-order valence-corrected chi connectivity index (χ2v) is 7.58.